The zero-order valence-electron chi connectivity index (χ0n) is 25.1. The van der Waals surface area contributed by atoms with Gasteiger partial charge in [0.25, 0.3) is 0 Å². The van der Waals surface area contributed by atoms with E-state index >= 15 is 0 Å². The molecule has 4 aliphatic heterocycles. The summed E-state index contributed by atoms with van der Waals surface area (Å²) < 4.78 is 0. The Kier molecular flexibility index (Phi) is 13.0. The zero-order chi connectivity index (χ0) is 34.7. The van der Waals surface area contributed by atoms with Crippen molar-refractivity contribution in [3.8, 4) is 0 Å². The normalized spacial score (nSPS) is 21.5. The van der Waals surface area contributed by atoms with E-state index in [1.54, 1.807) is 0 Å². The van der Waals surface area contributed by atoms with Crippen LogP contribution in [0, 0.1) is 0 Å². The van der Waals surface area contributed by atoms with Crippen molar-refractivity contribution in [1.29, 1.82) is 0 Å². The quantitative estimate of drug-likeness (QED) is 0.253. The van der Waals surface area contributed by atoms with Gasteiger partial charge in [-0.25, -0.2) is 0 Å². The Morgan fingerprint density at radius 3 is 1.07 bits per heavy atom. The predicted octanol–water partition coefficient (Wildman–Crippen LogP) is -7.17. The first kappa shape index (κ1) is 37.0. The summed E-state index contributed by atoms with van der Waals surface area (Å²) in [4.78, 5) is 58.4. The summed E-state index contributed by atoms with van der Waals surface area (Å²) >= 11 is 0. The fourth-order valence-electron chi connectivity index (χ4n) is 5.81. The van der Waals surface area contributed by atoms with Crippen LogP contribution in [0.4, 0.5) is 11.4 Å². The number of carboxylic acids is 6. The van der Waals surface area contributed by atoms with Gasteiger partial charge in [0, 0.05) is 48.4 Å². The minimum atomic E-state index is -2.19. The first-order valence-electron chi connectivity index (χ1n) is 13.8. The Hall–Kier alpha value is -5.22. The third-order valence-electron chi connectivity index (χ3n) is 7.82. The summed E-state index contributed by atoms with van der Waals surface area (Å²) in [5, 5.41) is 60.6. The number of benzene rings is 2. The molecule has 2 fully saturated rings. The van der Waals surface area contributed by atoms with E-state index in [4.69, 9.17) is 59.4 Å². The van der Waals surface area contributed by atoms with Crippen molar-refractivity contribution in [2.24, 2.45) is 0 Å². The van der Waals surface area contributed by atoms with Crippen LogP contribution >= 0.6 is 0 Å². The van der Waals surface area contributed by atoms with E-state index < -0.39 is 35.8 Å². The lowest BCUT2D eigenvalue weighted by atomic mass is 9.82. The van der Waals surface area contributed by atoms with Gasteiger partial charge in [0.15, 0.2) is 0 Å². The van der Waals surface area contributed by atoms with Crippen LogP contribution in [-0.2, 0) is 39.6 Å². The molecule has 4 aliphatic rings. The molecule has 2 unspecified atom stereocenters. The molecule has 0 aromatic heterocycles. The largest absolute Gasteiger partial charge is 0.543 e. The van der Waals surface area contributed by atoms with Crippen molar-refractivity contribution in [1.82, 2.24) is 9.80 Å². The number of hydrogen-bond acceptors (Lipinski definition) is 16. The van der Waals surface area contributed by atoms with Gasteiger partial charge in [-0.1, -0.05) is 36.4 Å². The number of nitrogens with zero attached hydrogens (tertiary/aromatic N) is 2. The molecule has 46 heavy (non-hydrogen) atoms. The van der Waals surface area contributed by atoms with Gasteiger partial charge in [0.2, 0.25) is 0 Å². The first-order chi connectivity index (χ1) is 21.5. The van der Waals surface area contributed by atoms with Crippen LogP contribution in [0.15, 0.2) is 48.5 Å². The van der Waals surface area contributed by atoms with Crippen molar-refractivity contribution in [2.75, 3.05) is 64.0 Å². The topological polar surface area (TPSA) is 271 Å². The second-order valence-electron chi connectivity index (χ2n) is 11.1. The number of carboxylic acid groups (broad SMARTS) is 6. The predicted molar refractivity (Wildman–Crippen MR) is 147 cm³/mol. The molecule has 4 heterocycles. The number of fused-ring (bicyclic) bond motifs is 4. The van der Waals surface area contributed by atoms with Crippen LogP contribution in [0.25, 0.3) is 0 Å². The molecule has 0 amide bonds. The maximum Gasteiger partial charge on any atom is 0.0870 e. The highest BCUT2D eigenvalue weighted by atomic mass is 16.5. The average molecular weight is 641 g/mol. The highest BCUT2D eigenvalue weighted by molar-refractivity contribution is 6.25. The number of likely N-dealkylation sites (tertiary alicyclic amines) is 2. The Morgan fingerprint density at radius 1 is 0.543 bits per heavy atom. The standard InChI is InChI=1S/2C12H16N2.3C2H2O4/c2*1-14-7-6-12(9-14)8-13-11-5-3-2-4-10(11)12;3*3-1(4)2(5)6/h2*2-5,13H,6-9H2,1H3;3*(H,3,4)(H,5,6)/p-6. The molecule has 0 saturated carbocycles. The molecule has 0 radical (unpaired) electrons. The van der Waals surface area contributed by atoms with Crippen molar-refractivity contribution in [3.63, 3.8) is 0 Å². The van der Waals surface area contributed by atoms with Crippen LogP contribution < -0.4 is 41.3 Å². The maximum atomic E-state index is 8.93. The number of hydrogen-bond donors (Lipinski definition) is 2. The molecular weight excluding hydrogens is 608 g/mol. The van der Waals surface area contributed by atoms with Crippen LogP contribution in [0.2, 0.25) is 0 Å². The van der Waals surface area contributed by atoms with Crippen molar-refractivity contribution >= 4 is 47.2 Å². The third kappa shape index (κ3) is 9.90. The summed E-state index contributed by atoms with van der Waals surface area (Å²) in [6.07, 6.45) is 2.60. The van der Waals surface area contributed by atoms with Gasteiger partial charge < -0.3 is 79.8 Å². The number of likely N-dealkylation sites (N-methyl/N-ethyl adjacent to an activating group) is 2. The number of anilines is 2. The van der Waals surface area contributed by atoms with Gasteiger partial charge in [-0.3, -0.25) is 0 Å². The van der Waals surface area contributed by atoms with E-state index in [1.807, 2.05) is 0 Å². The van der Waals surface area contributed by atoms with Gasteiger partial charge in [-0.15, -0.1) is 0 Å². The first-order valence-corrected chi connectivity index (χ1v) is 13.8. The molecule has 16 nitrogen and oxygen atoms in total. The summed E-state index contributed by atoms with van der Waals surface area (Å²) in [7, 11) is 4.44. The zero-order valence-corrected chi connectivity index (χ0v) is 25.1. The summed E-state index contributed by atoms with van der Waals surface area (Å²) in [5.74, 6) is -13.1. The van der Waals surface area contributed by atoms with Crippen molar-refractivity contribution < 1.29 is 59.4 Å². The van der Waals surface area contributed by atoms with Crippen molar-refractivity contribution in [3.05, 3.63) is 59.7 Å². The monoisotopic (exact) mass is 640 g/mol. The second-order valence-corrected chi connectivity index (χ2v) is 11.1. The molecule has 250 valence electrons. The van der Waals surface area contributed by atoms with E-state index in [0.29, 0.717) is 10.8 Å². The SMILES string of the molecule is CN1CCC2(CNc3ccccc32)C1.CN1CCC2(CNc3ccccc32)C1.O=C([O-])C(=O)[O-].O=C([O-])C(=O)[O-].O=C([O-])C(=O)[O-]. The summed E-state index contributed by atoms with van der Waals surface area (Å²) in [6.45, 7) is 7.12. The average Bonchev–Trinajstić information content (AvgIpc) is 3.77. The lowest BCUT2D eigenvalue weighted by Crippen LogP contribution is -2.42. The van der Waals surface area contributed by atoms with Gasteiger partial charge >= 0.3 is 0 Å². The fraction of sp³-hybridized carbons (Fsp3) is 0.400. The smallest absolute Gasteiger partial charge is 0.0870 e. The summed E-state index contributed by atoms with van der Waals surface area (Å²) in [6, 6.07) is 17.5. The van der Waals surface area contributed by atoms with Crippen LogP contribution in [-0.4, -0.2) is 99.0 Å². The fourth-order valence-corrected chi connectivity index (χ4v) is 5.81. The molecule has 2 aromatic carbocycles. The summed E-state index contributed by atoms with van der Waals surface area (Å²) in [5.41, 5.74) is 6.58. The molecule has 0 bridgehead atoms. The lowest BCUT2D eigenvalue weighted by Gasteiger charge is -2.22. The highest BCUT2D eigenvalue weighted by Crippen LogP contribution is 2.43. The van der Waals surface area contributed by atoms with Crippen LogP contribution in [0.5, 0.6) is 0 Å². The molecule has 2 saturated heterocycles. The van der Waals surface area contributed by atoms with Gasteiger partial charge in [-0.05, 0) is 63.3 Å². The van der Waals surface area contributed by atoms with Gasteiger partial charge in [0.1, 0.15) is 0 Å². The van der Waals surface area contributed by atoms with E-state index in [1.165, 1.54) is 61.5 Å². The molecule has 16 heteroatoms. The van der Waals surface area contributed by atoms with E-state index in [0.717, 1.165) is 13.1 Å². The van der Waals surface area contributed by atoms with Gasteiger partial charge in [-0.2, -0.15) is 0 Å². The molecule has 6 rings (SSSR count). The Balaban J connectivity index is 0.000000215. The Morgan fingerprint density at radius 2 is 0.826 bits per heavy atom. The number of rotatable bonds is 0. The van der Waals surface area contributed by atoms with E-state index in [-0.39, 0.29) is 0 Å². The molecule has 2 N–H and O–H groups in total. The van der Waals surface area contributed by atoms with Crippen molar-refractivity contribution in [2.45, 2.75) is 23.7 Å². The molecule has 0 aliphatic carbocycles. The third-order valence-corrected chi connectivity index (χ3v) is 7.82. The van der Waals surface area contributed by atoms with E-state index in [9.17, 15) is 0 Å². The highest BCUT2D eigenvalue weighted by Gasteiger charge is 2.43. The van der Waals surface area contributed by atoms with Gasteiger partial charge in [0.05, 0.1) is 35.8 Å². The number of para-hydroxylation sites is 2. The number of carbonyl (C=O) groups is 6. The molecule has 2 atom stereocenters. The Labute approximate surface area is 263 Å². The molecular formula is C30H32N4O12-6. The molecule has 2 aromatic rings. The van der Waals surface area contributed by atoms with E-state index in [2.05, 4.69) is 83.1 Å². The maximum absolute atomic E-state index is 8.93. The minimum absolute atomic E-state index is 0.408. The second kappa shape index (κ2) is 16.2. The number of carbonyl (C=O) groups excluding carboxylic acids is 6. The molecule has 2 spiro atoms. The van der Waals surface area contributed by atoms with Crippen LogP contribution in [0.3, 0.4) is 0 Å². The Bertz CT molecular complexity index is 1280. The lowest BCUT2D eigenvalue weighted by molar-refractivity contribution is -0.345. The number of aliphatic carboxylic acids is 6. The number of nitrogens with one attached hydrogen (secondary N) is 2. The minimum Gasteiger partial charge on any atom is -0.543 e. The van der Waals surface area contributed by atoms with Crippen LogP contribution in [0.1, 0.15) is 24.0 Å².